The van der Waals surface area contributed by atoms with Gasteiger partial charge < -0.3 is 4.90 Å². The number of alkyl halides is 3. The van der Waals surface area contributed by atoms with E-state index in [1.165, 1.54) is 18.2 Å². The van der Waals surface area contributed by atoms with Gasteiger partial charge in [-0.3, -0.25) is 4.79 Å². The molecule has 0 saturated carbocycles. The molecular weight excluding hydrogens is 272 g/mol. The van der Waals surface area contributed by atoms with Gasteiger partial charge in [0.1, 0.15) is 5.38 Å². The van der Waals surface area contributed by atoms with Crippen molar-refractivity contribution in [2.24, 2.45) is 0 Å². The maximum absolute atomic E-state index is 12.6. The monoisotopic (exact) mass is 287 g/mol. The molecule has 2 nitrogen and oxygen atoms in total. The van der Waals surface area contributed by atoms with Crippen molar-refractivity contribution in [1.82, 2.24) is 4.90 Å². The van der Waals surface area contributed by atoms with Crippen LogP contribution >= 0.6 is 11.6 Å². The first-order chi connectivity index (χ1) is 9.09. The van der Waals surface area contributed by atoms with Crippen LogP contribution in [-0.2, 0) is 4.79 Å². The average molecular weight is 288 g/mol. The Bertz CT molecular complexity index is 447. The molecule has 0 aliphatic carbocycles. The highest BCUT2D eigenvalue weighted by Crippen LogP contribution is 2.28. The summed E-state index contributed by atoms with van der Waals surface area (Å²) in [4.78, 5) is 13.9. The summed E-state index contributed by atoms with van der Waals surface area (Å²) in [5.74, 6) is -0.187. The number of nitrogens with zero attached hydrogens (tertiary/aromatic N) is 1. The predicted molar refractivity (Wildman–Crippen MR) is 70.4 cm³/mol. The zero-order valence-corrected chi connectivity index (χ0v) is 11.2. The summed E-state index contributed by atoms with van der Waals surface area (Å²) in [6, 6.07) is 5.77. The van der Waals surface area contributed by atoms with Gasteiger partial charge in [0.05, 0.1) is 0 Å². The van der Waals surface area contributed by atoms with E-state index in [0.717, 1.165) is 19.3 Å². The lowest BCUT2D eigenvalue weighted by Gasteiger charge is -2.28. The van der Waals surface area contributed by atoms with E-state index in [0.29, 0.717) is 18.7 Å². The molecule has 1 saturated heterocycles. The van der Waals surface area contributed by atoms with Gasteiger partial charge in [0.15, 0.2) is 0 Å². The number of carbonyl (C=O) groups is 1. The van der Waals surface area contributed by atoms with Crippen LogP contribution in [0.5, 0.6) is 0 Å². The SMILES string of the molecule is O=C(C(Cl)c1cccc(C(F)F)c1)N1CCCCC1. The van der Waals surface area contributed by atoms with E-state index in [1.807, 2.05) is 0 Å². The lowest BCUT2D eigenvalue weighted by Crippen LogP contribution is -2.37. The molecule has 1 aliphatic heterocycles. The molecule has 19 heavy (non-hydrogen) atoms. The molecule has 1 unspecified atom stereocenters. The number of rotatable bonds is 3. The Labute approximate surface area is 116 Å². The Kier molecular flexibility index (Phi) is 4.75. The van der Waals surface area contributed by atoms with E-state index in [1.54, 1.807) is 11.0 Å². The molecule has 1 heterocycles. The van der Waals surface area contributed by atoms with Gasteiger partial charge in [0.25, 0.3) is 6.43 Å². The maximum Gasteiger partial charge on any atom is 0.263 e. The predicted octanol–water partition coefficient (Wildman–Crippen LogP) is 3.92. The molecule has 0 aromatic heterocycles. The summed E-state index contributed by atoms with van der Waals surface area (Å²) in [6.07, 6.45) is 0.532. The van der Waals surface area contributed by atoms with Gasteiger partial charge in [0.2, 0.25) is 5.91 Å². The van der Waals surface area contributed by atoms with Crippen molar-refractivity contribution in [3.8, 4) is 0 Å². The first-order valence-electron chi connectivity index (χ1n) is 6.40. The quantitative estimate of drug-likeness (QED) is 0.772. The van der Waals surface area contributed by atoms with Crippen molar-refractivity contribution in [2.75, 3.05) is 13.1 Å². The molecule has 1 aliphatic rings. The number of benzene rings is 1. The smallest absolute Gasteiger partial charge is 0.263 e. The number of halogens is 3. The second-order valence-corrected chi connectivity index (χ2v) is 5.16. The minimum Gasteiger partial charge on any atom is -0.341 e. The Hall–Kier alpha value is -1.16. The molecule has 1 aromatic rings. The molecule has 1 atom stereocenters. The van der Waals surface area contributed by atoms with Gasteiger partial charge in [-0.05, 0) is 30.9 Å². The van der Waals surface area contributed by atoms with Crippen molar-refractivity contribution >= 4 is 17.5 Å². The van der Waals surface area contributed by atoms with Gasteiger partial charge in [-0.25, -0.2) is 8.78 Å². The molecule has 1 fully saturated rings. The van der Waals surface area contributed by atoms with E-state index in [-0.39, 0.29) is 11.5 Å². The standard InChI is InChI=1S/C14H16ClF2NO/c15-12(14(19)18-7-2-1-3-8-18)10-5-4-6-11(9-10)13(16)17/h4-6,9,12-13H,1-3,7-8H2. The van der Waals surface area contributed by atoms with Gasteiger partial charge >= 0.3 is 0 Å². The second kappa shape index (κ2) is 6.33. The molecule has 5 heteroatoms. The van der Waals surface area contributed by atoms with Crippen LogP contribution in [-0.4, -0.2) is 23.9 Å². The van der Waals surface area contributed by atoms with Crippen LogP contribution in [0, 0.1) is 0 Å². The normalized spacial score (nSPS) is 17.6. The van der Waals surface area contributed by atoms with E-state index in [4.69, 9.17) is 11.6 Å². The molecule has 0 bridgehead atoms. The van der Waals surface area contributed by atoms with E-state index in [2.05, 4.69) is 0 Å². The van der Waals surface area contributed by atoms with Crippen LogP contribution in [0.25, 0.3) is 0 Å². The molecule has 2 rings (SSSR count). The second-order valence-electron chi connectivity index (χ2n) is 4.72. The first kappa shape index (κ1) is 14.3. The lowest BCUT2D eigenvalue weighted by atomic mass is 10.1. The maximum atomic E-state index is 12.6. The topological polar surface area (TPSA) is 20.3 Å². The largest absolute Gasteiger partial charge is 0.341 e. The Morgan fingerprint density at radius 1 is 1.16 bits per heavy atom. The summed E-state index contributed by atoms with van der Waals surface area (Å²) < 4.78 is 25.3. The number of hydrogen-bond acceptors (Lipinski definition) is 1. The van der Waals surface area contributed by atoms with Crippen LogP contribution < -0.4 is 0 Å². The number of hydrogen-bond donors (Lipinski definition) is 0. The van der Waals surface area contributed by atoms with Crippen molar-refractivity contribution in [1.29, 1.82) is 0 Å². The van der Waals surface area contributed by atoms with Crippen molar-refractivity contribution in [3.63, 3.8) is 0 Å². The minimum absolute atomic E-state index is 0.102. The third-order valence-corrected chi connectivity index (χ3v) is 3.78. The van der Waals surface area contributed by atoms with Crippen molar-refractivity contribution < 1.29 is 13.6 Å². The van der Waals surface area contributed by atoms with Gasteiger partial charge in [-0.15, -0.1) is 11.6 Å². The van der Waals surface area contributed by atoms with E-state index >= 15 is 0 Å². The summed E-state index contributed by atoms with van der Waals surface area (Å²) in [5.41, 5.74) is 0.338. The Balaban J connectivity index is 2.11. The fraction of sp³-hybridized carbons (Fsp3) is 0.500. The van der Waals surface area contributed by atoms with Gasteiger partial charge in [0, 0.05) is 18.7 Å². The molecule has 104 valence electrons. The zero-order chi connectivity index (χ0) is 13.8. The number of carbonyl (C=O) groups excluding carboxylic acids is 1. The Morgan fingerprint density at radius 2 is 1.79 bits per heavy atom. The molecule has 0 spiro atoms. The first-order valence-corrected chi connectivity index (χ1v) is 6.84. The van der Waals surface area contributed by atoms with Crippen LogP contribution in [0.3, 0.4) is 0 Å². The van der Waals surface area contributed by atoms with Gasteiger partial charge in [-0.2, -0.15) is 0 Å². The summed E-state index contributed by atoms with van der Waals surface area (Å²) in [5, 5.41) is -0.878. The molecule has 0 N–H and O–H groups in total. The highest BCUT2D eigenvalue weighted by molar-refractivity contribution is 6.30. The number of likely N-dealkylation sites (tertiary alicyclic amines) is 1. The molecule has 1 amide bonds. The highest BCUT2D eigenvalue weighted by atomic mass is 35.5. The lowest BCUT2D eigenvalue weighted by molar-refractivity contribution is -0.131. The van der Waals surface area contributed by atoms with Crippen LogP contribution in [0.4, 0.5) is 8.78 Å². The average Bonchev–Trinajstić information content (AvgIpc) is 2.46. The minimum atomic E-state index is -2.55. The molecule has 0 radical (unpaired) electrons. The van der Waals surface area contributed by atoms with Crippen molar-refractivity contribution in [2.45, 2.75) is 31.1 Å². The van der Waals surface area contributed by atoms with Crippen molar-refractivity contribution in [3.05, 3.63) is 35.4 Å². The number of amides is 1. The van der Waals surface area contributed by atoms with E-state index in [9.17, 15) is 13.6 Å². The number of piperidine rings is 1. The molecular formula is C14H16ClF2NO. The summed E-state index contributed by atoms with van der Waals surface area (Å²) in [6.45, 7) is 1.41. The van der Waals surface area contributed by atoms with Crippen LogP contribution in [0.15, 0.2) is 24.3 Å². The molecule has 1 aromatic carbocycles. The van der Waals surface area contributed by atoms with E-state index < -0.39 is 11.8 Å². The van der Waals surface area contributed by atoms with Gasteiger partial charge in [-0.1, -0.05) is 18.2 Å². The fourth-order valence-corrected chi connectivity index (χ4v) is 2.54. The summed E-state index contributed by atoms with van der Waals surface area (Å²) in [7, 11) is 0. The summed E-state index contributed by atoms with van der Waals surface area (Å²) >= 11 is 6.13. The van der Waals surface area contributed by atoms with Crippen LogP contribution in [0.1, 0.15) is 42.2 Å². The third-order valence-electron chi connectivity index (χ3n) is 3.34. The zero-order valence-electron chi connectivity index (χ0n) is 10.5. The highest BCUT2D eigenvalue weighted by Gasteiger charge is 2.25. The third kappa shape index (κ3) is 3.44. The van der Waals surface area contributed by atoms with Crippen LogP contribution in [0.2, 0.25) is 0 Å². The fourth-order valence-electron chi connectivity index (χ4n) is 2.27. The Morgan fingerprint density at radius 3 is 2.42 bits per heavy atom.